The number of hydrogen-bond acceptors (Lipinski definition) is 5. The maximum absolute atomic E-state index is 12.7. The fourth-order valence-electron chi connectivity index (χ4n) is 2.92. The highest BCUT2D eigenvalue weighted by Gasteiger charge is 2.41. The zero-order chi connectivity index (χ0) is 20.1. The van der Waals surface area contributed by atoms with Gasteiger partial charge < -0.3 is 11.1 Å². The number of nitrogens with zero attached hydrogens (tertiary/aromatic N) is 1. The number of thioether (sulfide) groups is 1. The first-order chi connectivity index (χ1) is 13.5. The summed E-state index contributed by atoms with van der Waals surface area (Å²) in [4.78, 5) is 24.8. The highest BCUT2D eigenvalue weighted by atomic mass is 35.5. The molecule has 0 aromatic heterocycles. The Labute approximate surface area is 171 Å². The molecule has 0 radical (unpaired) electrons. The minimum Gasteiger partial charge on any atom is -0.393 e. The Morgan fingerprint density at radius 2 is 1.82 bits per heavy atom. The predicted molar refractivity (Wildman–Crippen MR) is 109 cm³/mol. The molecule has 0 bridgehead atoms. The molecule has 3 amide bonds. The molecule has 0 spiro atoms. The van der Waals surface area contributed by atoms with Crippen molar-refractivity contribution < 1.29 is 9.59 Å². The largest absolute Gasteiger partial charge is 0.393 e. The van der Waals surface area contributed by atoms with E-state index in [2.05, 4.69) is 16.7 Å². The molecule has 6 nitrogen and oxygen atoms in total. The van der Waals surface area contributed by atoms with Gasteiger partial charge in [-0.25, -0.2) is 4.79 Å². The van der Waals surface area contributed by atoms with Crippen molar-refractivity contribution in [2.45, 2.75) is 17.7 Å². The predicted octanol–water partition coefficient (Wildman–Crippen LogP) is 3.26. The molecule has 1 heterocycles. The number of nitrogens with two attached hydrogens (primary N) is 1. The number of benzene rings is 2. The average Bonchev–Trinajstić information content (AvgIpc) is 3.04. The normalized spacial score (nSPS) is 18.4. The van der Waals surface area contributed by atoms with Gasteiger partial charge in [0.1, 0.15) is 5.25 Å². The van der Waals surface area contributed by atoms with Gasteiger partial charge in [0.05, 0.1) is 16.7 Å². The van der Waals surface area contributed by atoms with Crippen LogP contribution in [0.3, 0.4) is 0 Å². The summed E-state index contributed by atoms with van der Waals surface area (Å²) in [6, 6.07) is 17.7. The number of halogens is 1. The molecule has 2 atom stereocenters. The van der Waals surface area contributed by atoms with Crippen molar-refractivity contribution in [1.82, 2.24) is 10.6 Å². The summed E-state index contributed by atoms with van der Waals surface area (Å²) in [6.07, 6.45) is 0. The van der Waals surface area contributed by atoms with Gasteiger partial charge in [-0.05, 0) is 23.3 Å². The molecule has 1 aliphatic heterocycles. The van der Waals surface area contributed by atoms with Crippen LogP contribution in [0.1, 0.15) is 17.0 Å². The number of carbonyl (C=O) groups excluding carboxylic acids is 2. The van der Waals surface area contributed by atoms with E-state index in [0.717, 1.165) is 22.9 Å². The van der Waals surface area contributed by atoms with Crippen LogP contribution in [0.25, 0.3) is 0 Å². The number of nitrogens with one attached hydrogen (secondary N) is 2. The van der Waals surface area contributed by atoms with E-state index in [-0.39, 0.29) is 5.03 Å². The van der Waals surface area contributed by atoms with Crippen molar-refractivity contribution in [2.24, 2.45) is 5.73 Å². The number of rotatable bonds is 4. The Kier molecular flexibility index (Phi) is 6.24. The van der Waals surface area contributed by atoms with Crippen LogP contribution in [0, 0.1) is 11.3 Å². The van der Waals surface area contributed by atoms with Crippen LogP contribution in [0.5, 0.6) is 0 Å². The van der Waals surface area contributed by atoms with Crippen LogP contribution in [0.2, 0.25) is 5.02 Å². The number of urea groups is 1. The lowest BCUT2D eigenvalue weighted by Crippen LogP contribution is -2.44. The minimum absolute atomic E-state index is 0.285. The van der Waals surface area contributed by atoms with Gasteiger partial charge >= 0.3 is 6.03 Å². The van der Waals surface area contributed by atoms with E-state index in [1.54, 1.807) is 24.3 Å². The second-order valence-corrected chi connectivity index (χ2v) is 7.73. The third-order valence-electron chi connectivity index (χ3n) is 4.27. The lowest BCUT2D eigenvalue weighted by atomic mass is 9.89. The van der Waals surface area contributed by atoms with Gasteiger partial charge in [-0.15, -0.1) is 0 Å². The summed E-state index contributed by atoms with van der Waals surface area (Å²) in [7, 11) is 0. The molecule has 0 aliphatic carbocycles. The van der Waals surface area contributed by atoms with Crippen molar-refractivity contribution >= 4 is 35.3 Å². The second-order valence-electron chi connectivity index (χ2n) is 6.11. The number of carbonyl (C=O) groups is 2. The van der Waals surface area contributed by atoms with Crippen molar-refractivity contribution in [3.05, 3.63) is 81.3 Å². The van der Waals surface area contributed by atoms with Crippen LogP contribution in [0.15, 0.2) is 65.2 Å². The van der Waals surface area contributed by atoms with Gasteiger partial charge in [-0.2, -0.15) is 5.26 Å². The highest BCUT2D eigenvalue weighted by molar-refractivity contribution is 8.04. The quantitative estimate of drug-likeness (QED) is 0.714. The number of amides is 3. The third-order valence-corrected chi connectivity index (χ3v) is 5.74. The summed E-state index contributed by atoms with van der Waals surface area (Å²) >= 11 is 7.01. The Balaban J connectivity index is 1.70. The van der Waals surface area contributed by atoms with Crippen molar-refractivity contribution in [1.29, 1.82) is 5.26 Å². The first kappa shape index (κ1) is 19.8. The third kappa shape index (κ3) is 4.47. The molecule has 3 rings (SSSR count). The molecule has 1 aliphatic rings. The van der Waals surface area contributed by atoms with Crippen molar-refractivity contribution in [3.63, 3.8) is 0 Å². The minimum atomic E-state index is -0.724. The lowest BCUT2D eigenvalue weighted by molar-refractivity contribution is -0.119. The summed E-state index contributed by atoms with van der Waals surface area (Å²) < 4.78 is 0. The van der Waals surface area contributed by atoms with E-state index < -0.39 is 23.1 Å². The fourth-order valence-corrected chi connectivity index (χ4v) is 4.21. The zero-order valence-corrected chi connectivity index (χ0v) is 16.3. The molecule has 142 valence electrons. The second kappa shape index (κ2) is 8.83. The van der Waals surface area contributed by atoms with E-state index >= 15 is 0 Å². The fraction of sp³-hybridized carbons (Fsp3) is 0.150. The first-order valence-corrected chi connectivity index (χ1v) is 9.70. The Hall–Kier alpha value is -2.95. The molecule has 8 heteroatoms. The topological polar surface area (TPSA) is 108 Å². The van der Waals surface area contributed by atoms with E-state index in [0.29, 0.717) is 17.1 Å². The SMILES string of the molecule is N#CC1=C(N)S[C@H](C(=O)NC(=O)NCc2ccccc2)[C@H]1c1ccc(Cl)cc1. The maximum Gasteiger partial charge on any atom is 0.321 e. The van der Waals surface area contributed by atoms with Gasteiger partial charge in [-0.3, -0.25) is 10.1 Å². The number of imide groups is 1. The van der Waals surface area contributed by atoms with Crippen LogP contribution >= 0.6 is 23.4 Å². The smallest absolute Gasteiger partial charge is 0.321 e. The molecule has 0 unspecified atom stereocenters. The summed E-state index contributed by atoms with van der Waals surface area (Å²) in [5.41, 5.74) is 7.92. The van der Waals surface area contributed by atoms with Crippen LogP contribution in [-0.2, 0) is 11.3 Å². The van der Waals surface area contributed by atoms with Crippen LogP contribution in [-0.4, -0.2) is 17.2 Å². The van der Waals surface area contributed by atoms with Gasteiger partial charge in [0.15, 0.2) is 0 Å². The Bertz CT molecular complexity index is 954. The number of allylic oxidation sites excluding steroid dienone is 1. The standard InChI is InChI=1S/C20H17ClN4O2S/c21-14-8-6-13(7-9-14)16-15(10-22)18(23)28-17(16)19(26)25-20(27)24-11-12-4-2-1-3-5-12/h1-9,16-17H,11,23H2,(H2,24,25,26,27)/t16-,17-/m0/s1. The molecule has 2 aromatic rings. The van der Waals surface area contributed by atoms with Gasteiger partial charge in [-0.1, -0.05) is 65.8 Å². The summed E-state index contributed by atoms with van der Waals surface area (Å²) in [5.74, 6) is -1.06. The molecular formula is C20H17ClN4O2S. The molecular weight excluding hydrogens is 396 g/mol. The Morgan fingerprint density at radius 3 is 2.46 bits per heavy atom. The monoisotopic (exact) mass is 412 g/mol. The molecule has 0 saturated carbocycles. The molecule has 0 saturated heterocycles. The zero-order valence-electron chi connectivity index (χ0n) is 14.7. The molecule has 2 aromatic carbocycles. The van der Waals surface area contributed by atoms with Crippen molar-refractivity contribution in [3.8, 4) is 6.07 Å². The van der Waals surface area contributed by atoms with E-state index in [9.17, 15) is 14.9 Å². The lowest BCUT2D eigenvalue weighted by Gasteiger charge is -2.19. The molecule has 0 fully saturated rings. The molecule has 28 heavy (non-hydrogen) atoms. The van der Waals surface area contributed by atoms with Crippen molar-refractivity contribution in [2.75, 3.05) is 0 Å². The first-order valence-electron chi connectivity index (χ1n) is 8.44. The summed E-state index contributed by atoms with van der Waals surface area (Å²) in [6.45, 7) is 0.294. The maximum atomic E-state index is 12.7. The van der Waals surface area contributed by atoms with Gasteiger partial charge in [0.2, 0.25) is 5.91 Å². The summed E-state index contributed by atoms with van der Waals surface area (Å²) in [5, 5.41) is 14.6. The van der Waals surface area contributed by atoms with E-state index in [1.807, 2.05) is 30.3 Å². The van der Waals surface area contributed by atoms with Crippen LogP contribution < -0.4 is 16.4 Å². The van der Waals surface area contributed by atoms with Gasteiger partial charge in [0, 0.05) is 17.5 Å². The number of nitriles is 1. The highest BCUT2D eigenvalue weighted by Crippen LogP contribution is 2.45. The average molecular weight is 413 g/mol. The van der Waals surface area contributed by atoms with E-state index in [1.165, 1.54) is 0 Å². The number of hydrogen-bond donors (Lipinski definition) is 3. The molecule has 4 N–H and O–H groups in total. The van der Waals surface area contributed by atoms with E-state index in [4.69, 9.17) is 17.3 Å². The van der Waals surface area contributed by atoms with Gasteiger partial charge in [0.25, 0.3) is 0 Å². The Morgan fingerprint density at radius 1 is 1.14 bits per heavy atom. The van der Waals surface area contributed by atoms with Crippen LogP contribution in [0.4, 0.5) is 4.79 Å².